The molecule has 0 saturated heterocycles. The lowest BCUT2D eigenvalue weighted by atomic mass is 9.72. The molecule has 0 bridgehead atoms. The van der Waals surface area contributed by atoms with Crippen LogP contribution >= 0.6 is 11.8 Å². The van der Waals surface area contributed by atoms with E-state index in [0.717, 1.165) is 19.3 Å². The summed E-state index contributed by atoms with van der Waals surface area (Å²) in [7, 11) is 0. The molecule has 3 N–H and O–H groups in total. The fourth-order valence-corrected chi connectivity index (χ4v) is 7.96. The van der Waals surface area contributed by atoms with E-state index < -0.39 is 6.61 Å². The van der Waals surface area contributed by atoms with Crippen LogP contribution in [0.15, 0.2) is 72.8 Å². The highest BCUT2D eigenvalue weighted by Crippen LogP contribution is 2.50. The van der Waals surface area contributed by atoms with Gasteiger partial charge in [0.05, 0.1) is 5.88 Å². The number of carbonyl (C=O) groups is 3. The predicted octanol–water partition coefficient (Wildman–Crippen LogP) is 4.47. The number of imide groups is 1. The van der Waals surface area contributed by atoms with E-state index in [4.69, 9.17) is 5.73 Å². The molecular formula is C34H45N3O4S. The number of carbonyl (C=O) groups excluding carboxylic acids is 3. The zero-order valence-electron chi connectivity index (χ0n) is 25.0. The first-order chi connectivity index (χ1) is 20.1. The van der Waals surface area contributed by atoms with Gasteiger partial charge in [0.25, 0.3) is 11.8 Å². The maximum Gasteiger partial charge on any atom is 0.254 e. The molecule has 0 radical (unpaired) electrons. The second kappa shape index (κ2) is 14.5. The van der Waals surface area contributed by atoms with E-state index in [1.165, 1.54) is 39.9 Å². The van der Waals surface area contributed by atoms with Gasteiger partial charge in [0.1, 0.15) is 6.61 Å². The van der Waals surface area contributed by atoms with Gasteiger partial charge in [0.15, 0.2) is 0 Å². The van der Waals surface area contributed by atoms with Crippen LogP contribution in [0.4, 0.5) is 0 Å². The molecule has 1 aliphatic heterocycles. The number of nitrogens with two attached hydrogens (primary N) is 1. The first kappa shape index (κ1) is 32.0. The Morgan fingerprint density at radius 2 is 1.64 bits per heavy atom. The van der Waals surface area contributed by atoms with Crippen LogP contribution in [0.1, 0.15) is 50.7 Å². The molecule has 4 rings (SSSR count). The highest BCUT2D eigenvalue weighted by molar-refractivity contribution is 7.99. The first-order valence-corrected chi connectivity index (χ1v) is 16.1. The summed E-state index contributed by atoms with van der Waals surface area (Å²) in [4.78, 5) is 40.6. The summed E-state index contributed by atoms with van der Waals surface area (Å²) in [5.41, 5.74) is 8.61. The second-order valence-electron chi connectivity index (χ2n) is 12.7. The van der Waals surface area contributed by atoms with Crippen molar-refractivity contribution in [3.8, 4) is 0 Å². The lowest BCUT2D eigenvalue weighted by Gasteiger charge is -2.46. The third-order valence-corrected chi connectivity index (χ3v) is 9.86. The standard InChI is InChI=1S/C34H45N3O4S/c1-34(2,3)33(36(32(41)21-38)20-25(19-35)22-42-23-37-30(39)14-15-31(37)40)29-18-27(26-12-8-5-9-13-26)17-28(29)16-24-10-6-4-7-11-24/h4-15,25,27-29,33,38H,16-23,35H2,1-3H3/t25?,27?,28?,29?,33-/m0/s1. The number of aliphatic hydroxyl groups excluding tert-OH is 1. The van der Waals surface area contributed by atoms with Crippen LogP contribution in [0.25, 0.3) is 0 Å². The molecule has 2 aromatic rings. The van der Waals surface area contributed by atoms with Gasteiger partial charge in [0.2, 0.25) is 5.91 Å². The van der Waals surface area contributed by atoms with Crippen LogP contribution in [0.5, 0.6) is 0 Å². The number of rotatable bonds is 13. The summed E-state index contributed by atoms with van der Waals surface area (Å²) in [6.07, 6.45) is 5.51. The average molecular weight is 592 g/mol. The minimum absolute atomic E-state index is 0.0602. The van der Waals surface area contributed by atoms with E-state index in [9.17, 15) is 19.5 Å². The van der Waals surface area contributed by atoms with Gasteiger partial charge in [-0.25, -0.2) is 0 Å². The summed E-state index contributed by atoms with van der Waals surface area (Å²) in [6.45, 7) is 6.77. The van der Waals surface area contributed by atoms with Gasteiger partial charge in [-0.2, -0.15) is 0 Å². The van der Waals surface area contributed by atoms with E-state index >= 15 is 0 Å². The van der Waals surface area contributed by atoms with Crippen LogP contribution in [-0.2, 0) is 20.8 Å². The quantitative estimate of drug-likeness (QED) is 0.333. The van der Waals surface area contributed by atoms with Gasteiger partial charge in [-0.15, -0.1) is 11.8 Å². The Balaban J connectivity index is 1.59. The molecule has 0 spiro atoms. The van der Waals surface area contributed by atoms with Crippen LogP contribution < -0.4 is 5.73 Å². The normalized spacial score (nSPS) is 22.0. The monoisotopic (exact) mass is 591 g/mol. The van der Waals surface area contributed by atoms with Crippen molar-refractivity contribution in [1.82, 2.24) is 9.80 Å². The summed E-state index contributed by atoms with van der Waals surface area (Å²) < 4.78 is 0. The van der Waals surface area contributed by atoms with Gasteiger partial charge < -0.3 is 15.7 Å². The fourth-order valence-electron chi connectivity index (χ4n) is 6.84. The maximum atomic E-state index is 13.5. The van der Waals surface area contributed by atoms with Crippen LogP contribution in [0.3, 0.4) is 0 Å². The van der Waals surface area contributed by atoms with Crippen molar-refractivity contribution in [2.45, 2.75) is 52.0 Å². The molecule has 2 aromatic carbocycles. The molecule has 1 aliphatic carbocycles. The van der Waals surface area contributed by atoms with E-state index in [1.807, 2.05) is 17.0 Å². The Kier molecular flexibility index (Phi) is 11.0. The largest absolute Gasteiger partial charge is 0.387 e. The average Bonchev–Trinajstić information content (AvgIpc) is 3.53. The Bertz CT molecular complexity index is 1210. The van der Waals surface area contributed by atoms with Crippen LogP contribution in [0, 0.1) is 23.2 Å². The van der Waals surface area contributed by atoms with Crippen molar-refractivity contribution < 1.29 is 19.5 Å². The number of aliphatic hydroxyl groups is 1. The Labute approximate surface area is 254 Å². The van der Waals surface area contributed by atoms with Crippen molar-refractivity contribution >= 4 is 29.5 Å². The van der Waals surface area contributed by atoms with Crippen molar-refractivity contribution in [3.63, 3.8) is 0 Å². The number of nitrogens with zero attached hydrogens (tertiary/aromatic N) is 2. The van der Waals surface area contributed by atoms with Crippen molar-refractivity contribution in [1.29, 1.82) is 0 Å². The minimum Gasteiger partial charge on any atom is -0.387 e. The molecule has 4 unspecified atom stereocenters. The van der Waals surface area contributed by atoms with Crippen LogP contribution in [0.2, 0.25) is 0 Å². The number of thioether (sulfide) groups is 1. The molecule has 42 heavy (non-hydrogen) atoms. The zero-order valence-corrected chi connectivity index (χ0v) is 25.8. The molecule has 3 amide bonds. The maximum absolute atomic E-state index is 13.5. The lowest BCUT2D eigenvalue weighted by Crippen LogP contribution is -2.55. The van der Waals surface area contributed by atoms with Gasteiger partial charge in [-0.3, -0.25) is 19.3 Å². The van der Waals surface area contributed by atoms with Crippen molar-refractivity contribution in [3.05, 3.63) is 83.9 Å². The molecule has 1 fully saturated rings. The molecule has 1 heterocycles. The van der Waals surface area contributed by atoms with Gasteiger partial charge in [-0.05, 0) is 66.0 Å². The Hall–Kier alpha value is -2.94. The highest BCUT2D eigenvalue weighted by Gasteiger charge is 2.47. The molecule has 8 heteroatoms. The molecule has 226 valence electrons. The molecule has 5 atom stereocenters. The fraction of sp³-hybridized carbons (Fsp3) is 0.500. The van der Waals surface area contributed by atoms with E-state index in [2.05, 4.69) is 69.3 Å². The molecule has 0 aromatic heterocycles. The van der Waals surface area contributed by atoms with Gasteiger partial charge >= 0.3 is 0 Å². The number of hydrogen-bond acceptors (Lipinski definition) is 6. The van der Waals surface area contributed by atoms with E-state index in [-0.39, 0.29) is 46.9 Å². The van der Waals surface area contributed by atoms with Gasteiger partial charge in [-0.1, -0.05) is 81.4 Å². The third kappa shape index (κ3) is 7.91. The summed E-state index contributed by atoms with van der Waals surface area (Å²) in [5, 5.41) is 10.1. The van der Waals surface area contributed by atoms with E-state index in [0.29, 0.717) is 30.7 Å². The Morgan fingerprint density at radius 3 is 2.21 bits per heavy atom. The minimum atomic E-state index is -0.558. The number of benzene rings is 2. The van der Waals surface area contributed by atoms with E-state index in [1.54, 1.807) is 0 Å². The Morgan fingerprint density at radius 1 is 1.02 bits per heavy atom. The van der Waals surface area contributed by atoms with Gasteiger partial charge in [0, 0.05) is 30.5 Å². The second-order valence-corrected chi connectivity index (χ2v) is 13.7. The summed E-state index contributed by atoms with van der Waals surface area (Å²) in [6, 6.07) is 21.1. The predicted molar refractivity (Wildman–Crippen MR) is 168 cm³/mol. The topological polar surface area (TPSA) is 104 Å². The zero-order chi connectivity index (χ0) is 30.3. The molecule has 1 saturated carbocycles. The SMILES string of the molecule is CC(C)(C)[C@H](C1CC(c2ccccc2)CC1Cc1ccccc1)N(CC(CN)CSCN1C(=O)C=CC1=O)C(=O)CO. The number of amides is 3. The molecule has 7 nitrogen and oxygen atoms in total. The third-order valence-electron chi connectivity index (χ3n) is 8.71. The highest BCUT2D eigenvalue weighted by atomic mass is 32.2. The van der Waals surface area contributed by atoms with Crippen molar-refractivity contribution in [2.24, 2.45) is 28.9 Å². The first-order valence-electron chi connectivity index (χ1n) is 14.9. The van der Waals surface area contributed by atoms with Crippen LogP contribution in [-0.4, -0.2) is 70.0 Å². The molecule has 2 aliphatic rings. The lowest BCUT2D eigenvalue weighted by molar-refractivity contribution is -0.142. The van der Waals surface area contributed by atoms with Crippen molar-refractivity contribution in [2.75, 3.05) is 31.3 Å². The summed E-state index contributed by atoms with van der Waals surface area (Å²) >= 11 is 1.47. The summed E-state index contributed by atoms with van der Waals surface area (Å²) in [5.74, 6) is 0.864. The number of hydrogen-bond donors (Lipinski definition) is 2. The smallest absolute Gasteiger partial charge is 0.254 e. The molecular weight excluding hydrogens is 546 g/mol.